The Morgan fingerprint density at radius 3 is 2.83 bits per heavy atom. The topological polar surface area (TPSA) is 62.8 Å². The molecule has 2 saturated heterocycles. The summed E-state index contributed by atoms with van der Waals surface area (Å²) in [4.78, 5) is 14.4. The van der Waals surface area contributed by atoms with Gasteiger partial charge in [-0.25, -0.2) is 4.79 Å². The van der Waals surface area contributed by atoms with Crippen LogP contribution in [0.1, 0.15) is 52.9 Å². The van der Waals surface area contributed by atoms with Gasteiger partial charge in [-0.05, 0) is 59.4 Å². The molecule has 0 aromatic carbocycles. The van der Waals surface area contributed by atoms with Gasteiger partial charge < -0.3 is 20.1 Å². The zero-order valence-corrected chi connectivity index (χ0v) is 15.3. The van der Waals surface area contributed by atoms with E-state index in [0.717, 1.165) is 39.0 Å². The number of carbonyl (C=O) groups is 1. The summed E-state index contributed by atoms with van der Waals surface area (Å²) in [6.07, 6.45) is 5.69. The van der Waals surface area contributed by atoms with Gasteiger partial charge in [0.1, 0.15) is 5.60 Å². The van der Waals surface area contributed by atoms with Crippen LogP contribution in [-0.4, -0.2) is 67.1 Å². The number of rotatable bonds is 4. The molecule has 138 valence electrons. The quantitative estimate of drug-likeness (QED) is 0.819. The van der Waals surface area contributed by atoms with E-state index in [0.29, 0.717) is 18.2 Å². The molecule has 24 heavy (non-hydrogen) atoms. The van der Waals surface area contributed by atoms with Gasteiger partial charge in [-0.2, -0.15) is 0 Å². The second kappa shape index (κ2) is 7.58. The predicted octanol–water partition coefficient (Wildman–Crippen LogP) is 1.88. The van der Waals surface area contributed by atoms with Gasteiger partial charge >= 0.3 is 6.09 Å². The molecule has 4 unspecified atom stereocenters. The number of nitrogens with one attached hydrogen (secondary N) is 2. The highest BCUT2D eigenvalue weighted by Crippen LogP contribution is 2.23. The molecule has 3 aliphatic rings. The van der Waals surface area contributed by atoms with Gasteiger partial charge in [0, 0.05) is 31.2 Å². The Hall–Kier alpha value is -0.850. The largest absolute Gasteiger partial charge is 0.444 e. The van der Waals surface area contributed by atoms with Crippen molar-refractivity contribution in [3.63, 3.8) is 0 Å². The van der Waals surface area contributed by atoms with Gasteiger partial charge in [-0.3, -0.25) is 4.90 Å². The Kier molecular flexibility index (Phi) is 5.67. The summed E-state index contributed by atoms with van der Waals surface area (Å²) in [5.74, 6) is 0. The van der Waals surface area contributed by atoms with Gasteiger partial charge in [-0.1, -0.05) is 0 Å². The maximum Gasteiger partial charge on any atom is 0.407 e. The molecule has 1 aliphatic carbocycles. The van der Waals surface area contributed by atoms with Crippen molar-refractivity contribution in [2.24, 2.45) is 0 Å². The summed E-state index contributed by atoms with van der Waals surface area (Å²) in [6.45, 7) is 9.76. The highest BCUT2D eigenvalue weighted by atomic mass is 16.6. The van der Waals surface area contributed by atoms with Crippen molar-refractivity contribution in [2.45, 2.75) is 82.7 Å². The molecule has 3 rings (SSSR count). The molecule has 0 aromatic rings. The molecule has 6 heteroatoms. The molecule has 1 saturated carbocycles. The van der Waals surface area contributed by atoms with E-state index in [4.69, 9.17) is 9.47 Å². The van der Waals surface area contributed by atoms with Crippen LogP contribution in [-0.2, 0) is 9.47 Å². The maximum atomic E-state index is 11.9. The van der Waals surface area contributed by atoms with Crippen LogP contribution in [0.15, 0.2) is 0 Å². The smallest absolute Gasteiger partial charge is 0.407 e. The molecular formula is C18H33N3O3. The fourth-order valence-electron chi connectivity index (χ4n) is 4.08. The number of ether oxygens (including phenoxy) is 2. The first-order valence-corrected chi connectivity index (χ1v) is 9.47. The van der Waals surface area contributed by atoms with Crippen molar-refractivity contribution in [2.75, 3.05) is 26.2 Å². The fourth-order valence-corrected chi connectivity index (χ4v) is 4.08. The third-order valence-electron chi connectivity index (χ3n) is 5.25. The number of carbonyl (C=O) groups excluding carboxylic acids is 1. The van der Waals surface area contributed by atoms with Gasteiger partial charge in [-0.15, -0.1) is 0 Å². The lowest BCUT2D eigenvalue weighted by molar-refractivity contribution is -0.0478. The van der Waals surface area contributed by atoms with Crippen LogP contribution in [0.25, 0.3) is 0 Å². The second-order valence-corrected chi connectivity index (χ2v) is 8.51. The zero-order valence-electron chi connectivity index (χ0n) is 15.3. The Labute approximate surface area is 145 Å². The first kappa shape index (κ1) is 18.0. The highest BCUT2D eigenvalue weighted by Gasteiger charge is 2.33. The Bertz CT molecular complexity index is 438. The number of hydrogen-bond acceptors (Lipinski definition) is 5. The van der Waals surface area contributed by atoms with Crippen LogP contribution in [0.4, 0.5) is 4.79 Å². The van der Waals surface area contributed by atoms with Crippen LogP contribution in [0.2, 0.25) is 0 Å². The van der Waals surface area contributed by atoms with Gasteiger partial charge in [0.05, 0.1) is 12.7 Å². The minimum absolute atomic E-state index is 0.215. The minimum atomic E-state index is -0.438. The summed E-state index contributed by atoms with van der Waals surface area (Å²) < 4.78 is 11.3. The predicted molar refractivity (Wildman–Crippen MR) is 93.1 cm³/mol. The van der Waals surface area contributed by atoms with Crippen molar-refractivity contribution < 1.29 is 14.3 Å². The van der Waals surface area contributed by atoms with Crippen molar-refractivity contribution in [1.29, 1.82) is 0 Å². The van der Waals surface area contributed by atoms with E-state index in [1.165, 1.54) is 19.4 Å². The normalized spacial score (nSPS) is 34.1. The van der Waals surface area contributed by atoms with E-state index in [9.17, 15) is 4.79 Å². The zero-order chi connectivity index (χ0) is 17.2. The number of amides is 1. The van der Waals surface area contributed by atoms with E-state index < -0.39 is 5.60 Å². The summed E-state index contributed by atoms with van der Waals surface area (Å²) in [5, 5.41) is 6.63. The van der Waals surface area contributed by atoms with Crippen LogP contribution < -0.4 is 10.6 Å². The molecule has 2 aliphatic heterocycles. The summed E-state index contributed by atoms with van der Waals surface area (Å²) in [6, 6.07) is 1.34. The molecule has 0 radical (unpaired) electrons. The molecule has 2 N–H and O–H groups in total. The third kappa shape index (κ3) is 5.07. The van der Waals surface area contributed by atoms with Gasteiger partial charge in [0.2, 0.25) is 0 Å². The second-order valence-electron chi connectivity index (χ2n) is 8.51. The number of morpholine rings is 1. The van der Waals surface area contributed by atoms with Crippen LogP contribution in [0, 0.1) is 0 Å². The van der Waals surface area contributed by atoms with Crippen molar-refractivity contribution in [3.05, 3.63) is 0 Å². The van der Waals surface area contributed by atoms with E-state index in [-0.39, 0.29) is 12.1 Å². The fraction of sp³-hybridized carbons (Fsp3) is 0.944. The Morgan fingerprint density at radius 1 is 1.25 bits per heavy atom. The van der Waals surface area contributed by atoms with Crippen LogP contribution in [0.3, 0.4) is 0 Å². The molecule has 6 nitrogen and oxygen atoms in total. The lowest BCUT2D eigenvalue weighted by Gasteiger charge is -2.35. The Balaban J connectivity index is 1.34. The van der Waals surface area contributed by atoms with E-state index in [1.54, 1.807) is 0 Å². The maximum absolute atomic E-state index is 11.9. The monoisotopic (exact) mass is 339 g/mol. The first-order valence-electron chi connectivity index (χ1n) is 9.47. The number of fused-ring (bicyclic) bond motifs is 1. The molecular weight excluding hydrogens is 306 g/mol. The standard InChI is InChI=1S/C18H33N3O3/c1-18(2,3)24-17(22)20-14-7-6-13(9-14)19-10-16-11-21-8-4-5-15(21)12-23-16/h13-16,19H,4-12H2,1-3H3,(H,20,22). The molecule has 4 atom stereocenters. The number of alkyl carbamates (subject to hydrolysis) is 1. The summed E-state index contributed by atoms with van der Waals surface area (Å²) >= 11 is 0. The lowest BCUT2D eigenvalue weighted by atomic mass is 10.1. The van der Waals surface area contributed by atoms with Gasteiger partial charge in [0.15, 0.2) is 0 Å². The van der Waals surface area contributed by atoms with E-state index in [2.05, 4.69) is 15.5 Å². The number of nitrogens with zero attached hydrogens (tertiary/aromatic N) is 1. The summed E-state index contributed by atoms with van der Waals surface area (Å²) in [5.41, 5.74) is -0.438. The van der Waals surface area contributed by atoms with E-state index in [1.807, 2.05) is 20.8 Å². The molecule has 0 aromatic heterocycles. The molecule has 0 spiro atoms. The third-order valence-corrected chi connectivity index (χ3v) is 5.25. The molecule has 3 fully saturated rings. The van der Waals surface area contributed by atoms with Crippen molar-refractivity contribution in [3.8, 4) is 0 Å². The van der Waals surface area contributed by atoms with Gasteiger partial charge in [0.25, 0.3) is 0 Å². The van der Waals surface area contributed by atoms with Crippen LogP contribution >= 0.6 is 0 Å². The average Bonchev–Trinajstić information content (AvgIpc) is 3.11. The average molecular weight is 339 g/mol. The molecule has 1 amide bonds. The van der Waals surface area contributed by atoms with E-state index >= 15 is 0 Å². The molecule has 2 heterocycles. The van der Waals surface area contributed by atoms with Crippen molar-refractivity contribution in [1.82, 2.24) is 15.5 Å². The molecule has 0 bridgehead atoms. The SMILES string of the molecule is CC(C)(C)OC(=O)NC1CCC(NCC2CN3CCCC3CO2)C1. The lowest BCUT2D eigenvalue weighted by Crippen LogP contribution is -2.50. The highest BCUT2D eigenvalue weighted by molar-refractivity contribution is 5.68. The number of hydrogen-bond donors (Lipinski definition) is 2. The minimum Gasteiger partial charge on any atom is -0.444 e. The first-order chi connectivity index (χ1) is 11.4. The van der Waals surface area contributed by atoms with Crippen LogP contribution in [0.5, 0.6) is 0 Å². The van der Waals surface area contributed by atoms with Crippen molar-refractivity contribution >= 4 is 6.09 Å². The summed E-state index contributed by atoms with van der Waals surface area (Å²) in [7, 11) is 0. The Morgan fingerprint density at radius 2 is 2.04 bits per heavy atom.